The minimum atomic E-state index is -0.324. The Balaban J connectivity index is 1.28. The Morgan fingerprint density at radius 1 is 1.07 bits per heavy atom. The molecule has 0 aliphatic carbocycles. The molecule has 2 amide bonds. The molecule has 0 saturated carbocycles. The highest BCUT2D eigenvalue weighted by atomic mass is 16.2. The third kappa shape index (κ3) is 4.54. The van der Waals surface area contributed by atoms with Crippen LogP contribution < -0.4 is 10.2 Å². The summed E-state index contributed by atoms with van der Waals surface area (Å²) in [4.78, 5) is 35.4. The highest BCUT2D eigenvalue weighted by Crippen LogP contribution is 2.25. The van der Waals surface area contributed by atoms with Crippen molar-refractivity contribution in [2.75, 3.05) is 18.0 Å². The van der Waals surface area contributed by atoms with Crippen LogP contribution >= 0.6 is 0 Å². The molecule has 1 fully saturated rings. The number of nitrogens with zero attached hydrogens (tertiary/aromatic N) is 3. The van der Waals surface area contributed by atoms with Crippen LogP contribution in [-0.2, 0) is 16.0 Å². The topological polar surface area (TPSA) is 75.2 Å². The molecule has 1 aliphatic rings. The number of aryl methyl sites for hydroxylation is 1. The second-order valence-corrected chi connectivity index (χ2v) is 7.56. The van der Waals surface area contributed by atoms with Gasteiger partial charge in [-0.1, -0.05) is 48.0 Å². The molecule has 1 aliphatic heterocycles. The Hall–Kier alpha value is -3.54. The van der Waals surface area contributed by atoms with Gasteiger partial charge in [0.25, 0.3) is 0 Å². The van der Waals surface area contributed by atoms with Gasteiger partial charge in [0.15, 0.2) is 5.82 Å². The van der Waals surface area contributed by atoms with Crippen LogP contribution in [0.1, 0.15) is 17.5 Å². The largest absolute Gasteiger partial charge is 0.355 e. The maximum atomic E-state index is 12.5. The molecular formula is C24H24N4O2. The van der Waals surface area contributed by atoms with E-state index in [1.54, 1.807) is 17.3 Å². The van der Waals surface area contributed by atoms with Crippen molar-refractivity contribution in [2.24, 2.45) is 5.92 Å². The molecule has 1 saturated heterocycles. The zero-order chi connectivity index (χ0) is 20.9. The van der Waals surface area contributed by atoms with Crippen molar-refractivity contribution in [2.45, 2.75) is 19.8 Å². The van der Waals surface area contributed by atoms with Crippen LogP contribution in [0.25, 0.3) is 11.4 Å². The van der Waals surface area contributed by atoms with Gasteiger partial charge in [-0.2, -0.15) is 0 Å². The van der Waals surface area contributed by atoms with E-state index in [4.69, 9.17) is 0 Å². The average Bonchev–Trinajstić information content (AvgIpc) is 3.17. The van der Waals surface area contributed by atoms with E-state index in [1.165, 1.54) is 0 Å². The van der Waals surface area contributed by atoms with Gasteiger partial charge in [0, 0.05) is 43.2 Å². The Bertz CT molecular complexity index is 1020. The summed E-state index contributed by atoms with van der Waals surface area (Å²) in [5.74, 6) is 0.267. The minimum Gasteiger partial charge on any atom is -0.355 e. The van der Waals surface area contributed by atoms with Crippen molar-refractivity contribution >= 4 is 17.5 Å². The molecule has 1 aromatic heterocycles. The molecule has 3 aromatic rings. The minimum absolute atomic E-state index is 0.0103. The molecule has 0 spiro atoms. The van der Waals surface area contributed by atoms with Crippen molar-refractivity contribution < 1.29 is 9.59 Å². The quantitative estimate of drug-likeness (QED) is 0.690. The van der Waals surface area contributed by atoms with Crippen LogP contribution in [0.4, 0.5) is 5.69 Å². The molecule has 1 N–H and O–H groups in total. The second kappa shape index (κ2) is 8.86. The molecular weight excluding hydrogens is 376 g/mol. The van der Waals surface area contributed by atoms with Crippen molar-refractivity contribution in [3.05, 3.63) is 78.1 Å². The first kappa shape index (κ1) is 19.8. The molecule has 1 unspecified atom stereocenters. The van der Waals surface area contributed by atoms with Gasteiger partial charge in [-0.05, 0) is 31.0 Å². The van der Waals surface area contributed by atoms with Crippen molar-refractivity contribution in [3.63, 3.8) is 0 Å². The van der Waals surface area contributed by atoms with Crippen molar-refractivity contribution in [3.8, 4) is 11.4 Å². The van der Waals surface area contributed by atoms with E-state index in [0.717, 1.165) is 22.4 Å². The second-order valence-electron chi connectivity index (χ2n) is 7.56. The molecule has 152 valence electrons. The zero-order valence-electron chi connectivity index (χ0n) is 16.9. The Morgan fingerprint density at radius 2 is 1.77 bits per heavy atom. The normalized spacial score (nSPS) is 16.0. The van der Waals surface area contributed by atoms with E-state index in [-0.39, 0.29) is 24.2 Å². The number of amides is 2. The maximum Gasteiger partial charge on any atom is 0.227 e. The number of nitrogens with one attached hydrogen (secondary N) is 1. The Kier molecular flexibility index (Phi) is 5.84. The van der Waals surface area contributed by atoms with Crippen LogP contribution in [0.5, 0.6) is 0 Å². The predicted molar refractivity (Wildman–Crippen MR) is 116 cm³/mol. The van der Waals surface area contributed by atoms with Crippen LogP contribution in [-0.4, -0.2) is 34.9 Å². The number of carbonyl (C=O) groups is 2. The maximum absolute atomic E-state index is 12.5. The van der Waals surface area contributed by atoms with E-state index in [2.05, 4.69) is 15.3 Å². The lowest BCUT2D eigenvalue weighted by Crippen LogP contribution is -2.34. The first-order chi connectivity index (χ1) is 14.6. The zero-order valence-corrected chi connectivity index (χ0v) is 16.9. The first-order valence-corrected chi connectivity index (χ1v) is 10.1. The van der Waals surface area contributed by atoms with Gasteiger partial charge in [-0.25, -0.2) is 9.97 Å². The number of rotatable bonds is 6. The fourth-order valence-electron chi connectivity index (χ4n) is 3.55. The molecule has 2 aromatic carbocycles. The summed E-state index contributed by atoms with van der Waals surface area (Å²) in [6.07, 6.45) is 4.47. The predicted octanol–water partition coefficient (Wildman–Crippen LogP) is 3.16. The number of hydrogen-bond donors (Lipinski definition) is 1. The average molecular weight is 400 g/mol. The smallest absolute Gasteiger partial charge is 0.227 e. The van der Waals surface area contributed by atoms with Gasteiger partial charge in [-0.15, -0.1) is 0 Å². The SMILES string of the molecule is Cc1ccc(N2CC(C(=O)NCCc3cnc(-c4ccccc4)nc3)CC2=O)cc1. The number of benzene rings is 2. The summed E-state index contributed by atoms with van der Waals surface area (Å²) < 4.78 is 0. The lowest BCUT2D eigenvalue weighted by molar-refractivity contribution is -0.126. The van der Waals surface area contributed by atoms with E-state index >= 15 is 0 Å². The molecule has 6 heteroatoms. The monoisotopic (exact) mass is 400 g/mol. The number of hydrogen-bond acceptors (Lipinski definition) is 4. The van der Waals surface area contributed by atoms with Gasteiger partial charge in [0.05, 0.1) is 5.92 Å². The lowest BCUT2D eigenvalue weighted by Gasteiger charge is -2.17. The molecule has 6 nitrogen and oxygen atoms in total. The van der Waals surface area contributed by atoms with Gasteiger partial charge < -0.3 is 10.2 Å². The van der Waals surface area contributed by atoms with Crippen LogP contribution in [0, 0.1) is 12.8 Å². The molecule has 1 atom stereocenters. The fraction of sp³-hybridized carbons (Fsp3) is 0.250. The third-order valence-electron chi connectivity index (χ3n) is 5.29. The fourth-order valence-corrected chi connectivity index (χ4v) is 3.55. The van der Waals surface area contributed by atoms with Gasteiger partial charge in [0.1, 0.15) is 0 Å². The summed E-state index contributed by atoms with van der Waals surface area (Å²) in [6, 6.07) is 17.6. The Morgan fingerprint density at radius 3 is 2.47 bits per heavy atom. The molecule has 2 heterocycles. The summed E-state index contributed by atoms with van der Waals surface area (Å²) >= 11 is 0. The van der Waals surface area contributed by atoms with Crippen LogP contribution in [0.2, 0.25) is 0 Å². The van der Waals surface area contributed by atoms with Gasteiger partial charge in [0.2, 0.25) is 11.8 Å². The summed E-state index contributed by atoms with van der Waals surface area (Å²) in [5, 5.41) is 2.95. The number of carbonyl (C=O) groups excluding carboxylic acids is 2. The first-order valence-electron chi connectivity index (χ1n) is 10.1. The molecule has 4 rings (SSSR count). The summed E-state index contributed by atoms with van der Waals surface area (Å²) in [7, 11) is 0. The highest BCUT2D eigenvalue weighted by Gasteiger charge is 2.34. The summed E-state index contributed by atoms with van der Waals surface area (Å²) in [5.41, 5.74) is 3.91. The lowest BCUT2D eigenvalue weighted by atomic mass is 10.1. The highest BCUT2D eigenvalue weighted by molar-refractivity contribution is 6.00. The standard InChI is InChI=1S/C24H24N4O2/c1-17-7-9-21(10-8-17)28-16-20(13-22(28)29)24(30)25-12-11-18-14-26-23(27-15-18)19-5-3-2-4-6-19/h2-10,14-15,20H,11-13,16H2,1H3,(H,25,30). The summed E-state index contributed by atoms with van der Waals surface area (Å²) in [6.45, 7) is 2.91. The van der Waals surface area contributed by atoms with E-state index in [9.17, 15) is 9.59 Å². The molecule has 0 bridgehead atoms. The van der Waals surface area contributed by atoms with E-state index < -0.39 is 0 Å². The van der Waals surface area contributed by atoms with E-state index in [0.29, 0.717) is 25.3 Å². The van der Waals surface area contributed by atoms with Crippen LogP contribution in [0.3, 0.4) is 0 Å². The third-order valence-corrected chi connectivity index (χ3v) is 5.29. The Labute approximate surface area is 176 Å². The molecule has 30 heavy (non-hydrogen) atoms. The molecule has 0 radical (unpaired) electrons. The van der Waals surface area contributed by atoms with Crippen molar-refractivity contribution in [1.82, 2.24) is 15.3 Å². The number of anilines is 1. The van der Waals surface area contributed by atoms with Crippen molar-refractivity contribution in [1.29, 1.82) is 0 Å². The number of aromatic nitrogens is 2. The van der Waals surface area contributed by atoms with Gasteiger partial charge >= 0.3 is 0 Å². The van der Waals surface area contributed by atoms with Gasteiger partial charge in [-0.3, -0.25) is 9.59 Å². The van der Waals surface area contributed by atoms with E-state index in [1.807, 2.05) is 61.5 Å². The van der Waals surface area contributed by atoms with Crippen LogP contribution in [0.15, 0.2) is 67.0 Å².